The predicted molar refractivity (Wildman–Crippen MR) is 105 cm³/mol. The largest absolute Gasteiger partial charge is 0.495 e. The van der Waals surface area contributed by atoms with Crippen LogP contribution in [0.2, 0.25) is 0 Å². The standard InChI is InChI=1S/C19H22BrN3O4/c1-26-15-5-3-2-4-14(15)22-19(25)23-10-8-13(9-11-23)12-21-18(24)16-6-7-17(20)27-16/h2-7,13H,8-12H2,1H3,(H,21,24)(H,22,25). The smallest absolute Gasteiger partial charge is 0.321 e. The highest BCUT2D eigenvalue weighted by atomic mass is 79.9. The number of methoxy groups -OCH3 is 1. The van der Waals surface area contributed by atoms with Crippen LogP contribution >= 0.6 is 15.9 Å². The number of urea groups is 1. The van der Waals surface area contributed by atoms with Crippen molar-refractivity contribution in [2.75, 3.05) is 32.1 Å². The SMILES string of the molecule is COc1ccccc1NC(=O)N1CCC(CNC(=O)c2ccc(Br)o2)CC1. The number of furan rings is 1. The third kappa shape index (κ3) is 5.03. The highest BCUT2D eigenvalue weighted by Crippen LogP contribution is 2.24. The van der Waals surface area contributed by atoms with Gasteiger partial charge in [0.25, 0.3) is 5.91 Å². The number of carbonyl (C=O) groups is 2. The van der Waals surface area contributed by atoms with Gasteiger partial charge in [-0.15, -0.1) is 0 Å². The molecule has 144 valence electrons. The quantitative estimate of drug-likeness (QED) is 0.749. The molecule has 27 heavy (non-hydrogen) atoms. The van der Waals surface area contributed by atoms with Crippen molar-refractivity contribution >= 4 is 33.6 Å². The third-order valence-corrected chi connectivity index (χ3v) is 5.02. The molecule has 2 N–H and O–H groups in total. The number of hydrogen-bond donors (Lipinski definition) is 2. The van der Waals surface area contributed by atoms with Crippen LogP contribution in [0.15, 0.2) is 45.5 Å². The normalized spacial score (nSPS) is 14.7. The first kappa shape index (κ1) is 19.3. The van der Waals surface area contributed by atoms with Crippen molar-refractivity contribution in [2.24, 2.45) is 5.92 Å². The maximum absolute atomic E-state index is 12.5. The summed E-state index contributed by atoms with van der Waals surface area (Å²) in [4.78, 5) is 26.3. The molecular formula is C19H22BrN3O4. The average Bonchev–Trinajstić information content (AvgIpc) is 3.13. The molecule has 1 aliphatic rings. The molecule has 0 spiro atoms. The Balaban J connectivity index is 1.44. The van der Waals surface area contributed by atoms with Gasteiger partial charge in [-0.1, -0.05) is 12.1 Å². The van der Waals surface area contributed by atoms with Gasteiger partial charge in [0.15, 0.2) is 10.4 Å². The van der Waals surface area contributed by atoms with Crippen molar-refractivity contribution in [1.29, 1.82) is 0 Å². The molecule has 1 fully saturated rings. The van der Waals surface area contributed by atoms with Crippen LogP contribution in [0.1, 0.15) is 23.4 Å². The minimum Gasteiger partial charge on any atom is -0.495 e. The molecule has 0 saturated carbocycles. The van der Waals surface area contributed by atoms with Gasteiger partial charge in [-0.2, -0.15) is 0 Å². The summed E-state index contributed by atoms with van der Waals surface area (Å²) in [7, 11) is 1.58. The van der Waals surface area contributed by atoms with E-state index >= 15 is 0 Å². The van der Waals surface area contributed by atoms with E-state index in [4.69, 9.17) is 9.15 Å². The molecule has 3 rings (SSSR count). The maximum atomic E-state index is 12.5. The van der Waals surface area contributed by atoms with E-state index in [1.165, 1.54) is 0 Å². The molecule has 2 heterocycles. The minimum absolute atomic E-state index is 0.137. The van der Waals surface area contributed by atoms with E-state index in [1.807, 2.05) is 24.3 Å². The number of halogens is 1. The minimum atomic E-state index is -0.225. The van der Waals surface area contributed by atoms with Gasteiger partial charge in [-0.25, -0.2) is 4.79 Å². The highest BCUT2D eigenvalue weighted by Gasteiger charge is 2.24. The Morgan fingerprint density at radius 3 is 2.63 bits per heavy atom. The van der Waals surface area contributed by atoms with Crippen LogP contribution < -0.4 is 15.4 Å². The molecular weight excluding hydrogens is 414 g/mol. The molecule has 0 atom stereocenters. The number of nitrogens with zero attached hydrogens (tertiary/aromatic N) is 1. The zero-order chi connectivity index (χ0) is 19.2. The molecule has 1 aromatic carbocycles. The Morgan fingerprint density at radius 1 is 1.22 bits per heavy atom. The first-order valence-corrected chi connectivity index (χ1v) is 9.58. The van der Waals surface area contributed by atoms with E-state index in [0.29, 0.717) is 41.7 Å². The molecule has 2 aromatic rings. The molecule has 1 aromatic heterocycles. The lowest BCUT2D eigenvalue weighted by molar-refractivity contribution is 0.0910. The average molecular weight is 436 g/mol. The van der Waals surface area contributed by atoms with E-state index in [2.05, 4.69) is 26.6 Å². The van der Waals surface area contributed by atoms with Gasteiger partial charge in [-0.3, -0.25) is 4.79 Å². The fraction of sp³-hybridized carbons (Fsp3) is 0.368. The number of para-hydroxylation sites is 2. The Morgan fingerprint density at radius 2 is 1.96 bits per heavy atom. The number of carbonyl (C=O) groups excluding carboxylic acids is 2. The summed E-state index contributed by atoms with van der Waals surface area (Å²) in [6, 6.07) is 10.5. The number of nitrogens with one attached hydrogen (secondary N) is 2. The molecule has 1 saturated heterocycles. The summed E-state index contributed by atoms with van der Waals surface area (Å²) < 4.78 is 11.0. The zero-order valence-corrected chi connectivity index (χ0v) is 16.6. The molecule has 1 aliphatic heterocycles. The van der Waals surface area contributed by atoms with E-state index in [9.17, 15) is 9.59 Å². The van der Waals surface area contributed by atoms with Crippen molar-refractivity contribution < 1.29 is 18.7 Å². The molecule has 0 bridgehead atoms. The number of likely N-dealkylation sites (tertiary alicyclic amines) is 1. The summed E-state index contributed by atoms with van der Waals surface area (Å²) in [5.41, 5.74) is 0.656. The number of rotatable bonds is 5. The molecule has 8 heteroatoms. The van der Waals surface area contributed by atoms with Crippen LogP contribution in [0.3, 0.4) is 0 Å². The maximum Gasteiger partial charge on any atom is 0.321 e. The van der Waals surface area contributed by atoms with Crippen molar-refractivity contribution in [2.45, 2.75) is 12.8 Å². The van der Waals surface area contributed by atoms with E-state index in [0.717, 1.165) is 12.8 Å². The first-order valence-electron chi connectivity index (χ1n) is 8.79. The first-order chi connectivity index (χ1) is 13.1. The monoisotopic (exact) mass is 435 g/mol. The Kier molecular flexibility index (Phi) is 6.39. The Bertz CT molecular complexity index is 800. The molecule has 0 unspecified atom stereocenters. The second-order valence-electron chi connectivity index (χ2n) is 6.37. The van der Waals surface area contributed by atoms with Gasteiger partial charge in [0.2, 0.25) is 0 Å². The lowest BCUT2D eigenvalue weighted by atomic mass is 9.97. The predicted octanol–water partition coefficient (Wildman–Crippen LogP) is 3.72. The van der Waals surface area contributed by atoms with Gasteiger partial charge in [0.1, 0.15) is 5.75 Å². The highest BCUT2D eigenvalue weighted by molar-refractivity contribution is 9.10. The summed E-state index contributed by atoms with van der Waals surface area (Å²) in [5, 5.41) is 5.79. The molecule has 7 nitrogen and oxygen atoms in total. The number of benzene rings is 1. The zero-order valence-electron chi connectivity index (χ0n) is 15.0. The fourth-order valence-electron chi connectivity index (χ4n) is 3.04. The summed E-state index contributed by atoms with van der Waals surface area (Å²) >= 11 is 3.18. The second-order valence-corrected chi connectivity index (χ2v) is 7.16. The van der Waals surface area contributed by atoms with Gasteiger partial charge in [0.05, 0.1) is 12.8 Å². The topological polar surface area (TPSA) is 83.8 Å². The van der Waals surface area contributed by atoms with Crippen LogP contribution in [-0.2, 0) is 0 Å². The summed E-state index contributed by atoms with van der Waals surface area (Å²) in [6.07, 6.45) is 1.67. The van der Waals surface area contributed by atoms with E-state index in [-0.39, 0.29) is 17.7 Å². The van der Waals surface area contributed by atoms with Crippen LogP contribution in [0.5, 0.6) is 5.75 Å². The lowest BCUT2D eigenvalue weighted by Gasteiger charge is -2.32. The van der Waals surface area contributed by atoms with Gasteiger partial charge < -0.3 is 24.7 Å². The van der Waals surface area contributed by atoms with Crippen LogP contribution in [-0.4, -0.2) is 43.6 Å². The van der Waals surface area contributed by atoms with Crippen LogP contribution in [0.4, 0.5) is 10.5 Å². The Labute approximate surface area is 166 Å². The van der Waals surface area contributed by atoms with Gasteiger partial charge in [-0.05, 0) is 59.0 Å². The van der Waals surface area contributed by atoms with Crippen molar-refractivity contribution in [3.05, 3.63) is 46.8 Å². The van der Waals surface area contributed by atoms with Crippen LogP contribution in [0, 0.1) is 5.92 Å². The molecule has 3 amide bonds. The lowest BCUT2D eigenvalue weighted by Crippen LogP contribution is -2.43. The van der Waals surface area contributed by atoms with Crippen molar-refractivity contribution in [3.63, 3.8) is 0 Å². The summed E-state index contributed by atoms with van der Waals surface area (Å²) in [5.74, 6) is 1.03. The molecule has 0 aliphatic carbocycles. The number of anilines is 1. The van der Waals surface area contributed by atoms with E-state index < -0.39 is 0 Å². The number of piperidine rings is 1. The number of ether oxygens (including phenoxy) is 1. The number of amides is 3. The van der Waals surface area contributed by atoms with Gasteiger partial charge >= 0.3 is 6.03 Å². The van der Waals surface area contributed by atoms with Gasteiger partial charge in [0, 0.05) is 19.6 Å². The van der Waals surface area contributed by atoms with Crippen LogP contribution in [0.25, 0.3) is 0 Å². The third-order valence-electron chi connectivity index (χ3n) is 4.60. The molecule has 0 radical (unpaired) electrons. The second kappa shape index (κ2) is 8.94. The Hall–Kier alpha value is -2.48. The fourth-order valence-corrected chi connectivity index (χ4v) is 3.35. The number of hydrogen-bond acceptors (Lipinski definition) is 4. The van der Waals surface area contributed by atoms with Crippen molar-refractivity contribution in [3.8, 4) is 5.75 Å². The van der Waals surface area contributed by atoms with Crippen molar-refractivity contribution in [1.82, 2.24) is 10.2 Å². The summed E-state index contributed by atoms with van der Waals surface area (Å²) in [6.45, 7) is 1.86. The van der Waals surface area contributed by atoms with E-state index in [1.54, 1.807) is 24.1 Å².